The van der Waals surface area contributed by atoms with Crippen molar-refractivity contribution < 1.29 is 41.4 Å². The lowest BCUT2D eigenvalue weighted by atomic mass is 9.85. The third-order valence-corrected chi connectivity index (χ3v) is 4.49. The zero-order chi connectivity index (χ0) is 24.8. The van der Waals surface area contributed by atoms with Crippen molar-refractivity contribution in [1.29, 1.82) is 0 Å². The van der Waals surface area contributed by atoms with Crippen LogP contribution in [0.25, 0.3) is 0 Å². The zero-order valence-corrected chi connectivity index (χ0v) is 16.9. The van der Waals surface area contributed by atoms with Gasteiger partial charge in [0.15, 0.2) is 5.54 Å². The van der Waals surface area contributed by atoms with E-state index in [1.54, 1.807) is 0 Å². The molecule has 3 rings (SSSR count). The Kier molecular flexibility index (Phi) is 7.98. The molecule has 2 aromatic rings. The summed E-state index contributed by atoms with van der Waals surface area (Å²) in [6, 6.07) is 3.01. The van der Waals surface area contributed by atoms with Gasteiger partial charge in [-0.15, -0.1) is 0 Å². The van der Waals surface area contributed by atoms with Crippen LogP contribution in [0.2, 0.25) is 0 Å². The number of alkyl halides is 4. The van der Waals surface area contributed by atoms with Crippen molar-refractivity contribution in [3.8, 4) is 0 Å². The van der Waals surface area contributed by atoms with Crippen molar-refractivity contribution in [2.45, 2.75) is 24.8 Å². The maximum atomic E-state index is 14.7. The standard InChI is InChI=1S/C18H16F5N5O2.CH2O2/c1-17(18(22,23)8-30-7-14(24)28-17)10-4-9(2-3-11(10)19)27-16(29)13-6-25-12(5-26-13)15(20)21;2-1-3/h2-6,15H,7-8H2,1H3,(H2,24,28)(H,27,29);1H,(H,2,3)/t17-;/m1./s1. The van der Waals surface area contributed by atoms with Crippen molar-refractivity contribution in [1.82, 2.24) is 9.97 Å². The molecule has 1 aromatic heterocycles. The van der Waals surface area contributed by atoms with E-state index in [9.17, 15) is 26.7 Å². The Morgan fingerprint density at radius 2 is 1.97 bits per heavy atom. The number of anilines is 1. The molecular formula is C19H18F5N5O4. The molecule has 33 heavy (non-hydrogen) atoms. The molecule has 0 spiro atoms. The number of carboxylic acid groups (broad SMARTS) is 1. The van der Waals surface area contributed by atoms with Gasteiger partial charge >= 0.3 is 0 Å². The molecule has 1 aliphatic heterocycles. The summed E-state index contributed by atoms with van der Waals surface area (Å²) in [6.45, 7) is -0.612. The molecule has 2 heterocycles. The fraction of sp³-hybridized carbons (Fsp3) is 0.316. The topological polar surface area (TPSA) is 140 Å². The Hall–Kier alpha value is -3.68. The lowest BCUT2D eigenvalue weighted by molar-refractivity contribution is -0.122. The maximum absolute atomic E-state index is 14.7. The summed E-state index contributed by atoms with van der Waals surface area (Å²) in [7, 11) is 0. The number of aromatic nitrogens is 2. The molecule has 1 amide bonds. The Bertz CT molecular complexity index is 1040. The molecular weight excluding hydrogens is 457 g/mol. The van der Waals surface area contributed by atoms with Crippen LogP contribution in [0.3, 0.4) is 0 Å². The van der Waals surface area contributed by atoms with Gasteiger partial charge in [-0.05, 0) is 25.1 Å². The van der Waals surface area contributed by atoms with E-state index in [0.717, 1.165) is 37.5 Å². The first kappa shape index (κ1) is 25.6. The lowest BCUT2D eigenvalue weighted by Crippen LogP contribution is -2.45. The fourth-order valence-electron chi connectivity index (χ4n) is 2.82. The molecule has 14 heteroatoms. The summed E-state index contributed by atoms with van der Waals surface area (Å²) >= 11 is 0. The van der Waals surface area contributed by atoms with Gasteiger partial charge in [-0.25, -0.2) is 26.9 Å². The third kappa shape index (κ3) is 5.77. The molecule has 9 nitrogen and oxygen atoms in total. The molecule has 4 N–H and O–H groups in total. The first-order valence-corrected chi connectivity index (χ1v) is 9.04. The number of rotatable bonds is 4. The van der Waals surface area contributed by atoms with Gasteiger partial charge in [-0.1, -0.05) is 0 Å². The van der Waals surface area contributed by atoms with Crippen LogP contribution in [-0.2, 0) is 15.1 Å². The van der Waals surface area contributed by atoms with Crippen molar-refractivity contribution in [2.24, 2.45) is 10.7 Å². The van der Waals surface area contributed by atoms with Crippen LogP contribution in [0.4, 0.5) is 27.6 Å². The van der Waals surface area contributed by atoms with Crippen LogP contribution in [0.5, 0.6) is 0 Å². The van der Waals surface area contributed by atoms with Crippen LogP contribution in [-0.4, -0.2) is 52.4 Å². The maximum Gasteiger partial charge on any atom is 0.299 e. The summed E-state index contributed by atoms with van der Waals surface area (Å²) in [4.78, 5) is 31.4. The molecule has 0 unspecified atom stereocenters. The number of hydrogen-bond acceptors (Lipinski definition) is 7. The predicted octanol–water partition coefficient (Wildman–Crippen LogP) is 2.74. The highest BCUT2D eigenvalue weighted by atomic mass is 19.3. The van der Waals surface area contributed by atoms with Gasteiger partial charge in [-0.3, -0.25) is 19.6 Å². The van der Waals surface area contributed by atoms with Gasteiger partial charge in [0, 0.05) is 11.3 Å². The van der Waals surface area contributed by atoms with Gasteiger partial charge in [0.1, 0.15) is 36.3 Å². The minimum Gasteiger partial charge on any atom is -0.483 e. The van der Waals surface area contributed by atoms with E-state index in [2.05, 4.69) is 20.3 Å². The van der Waals surface area contributed by atoms with Crippen LogP contribution in [0.1, 0.15) is 35.1 Å². The second-order valence-electron chi connectivity index (χ2n) is 6.75. The Balaban J connectivity index is 0.00000122. The number of aliphatic imine (C=N–C) groups is 1. The highest BCUT2D eigenvalue weighted by Gasteiger charge is 2.54. The molecule has 178 valence electrons. The van der Waals surface area contributed by atoms with Crippen molar-refractivity contribution in [2.75, 3.05) is 18.5 Å². The number of nitrogens with two attached hydrogens (primary N) is 1. The zero-order valence-electron chi connectivity index (χ0n) is 16.9. The SMILES string of the molecule is C[C@]1(c2cc(NC(=O)c3cnc(C(F)F)cn3)ccc2F)N=C(N)COCC1(F)F.O=CO. The third-order valence-electron chi connectivity index (χ3n) is 4.49. The number of amidine groups is 1. The Labute approximate surface area is 183 Å². The van der Waals surface area contributed by atoms with Gasteiger partial charge in [-0.2, -0.15) is 0 Å². The number of amides is 1. The average Bonchev–Trinajstić information content (AvgIpc) is 2.85. The smallest absolute Gasteiger partial charge is 0.299 e. The van der Waals surface area contributed by atoms with Crippen LogP contribution < -0.4 is 11.1 Å². The number of halogens is 5. The predicted molar refractivity (Wildman–Crippen MR) is 105 cm³/mol. The lowest BCUT2D eigenvalue weighted by Gasteiger charge is -2.33. The largest absolute Gasteiger partial charge is 0.483 e. The van der Waals surface area contributed by atoms with E-state index >= 15 is 0 Å². The van der Waals surface area contributed by atoms with Crippen LogP contribution in [0, 0.1) is 5.82 Å². The molecule has 0 saturated heterocycles. The Morgan fingerprint density at radius 3 is 2.55 bits per heavy atom. The van der Waals surface area contributed by atoms with Crippen molar-refractivity contribution >= 4 is 23.9 Å². The monoisotopic (exact) mass is 475 g/mol. The summed E-state index contributed by atoms with van der Waals surface area (Å²) in [5.41, 5.74) is 1.71. The first-order chi connectivity index (χ1) is 15.4. The minimum atomic E-state index is -3.60. The molecule has 0 bridgehead atoms. The second kappa shape index (κ2) is 10.3. The number of benzene rings is 1. The van der Waals surface area contributed by atoms with Crippen LogP contribution >= 0.6 is 0 Å². The molecule has 0 fully saturated rings. The molecule has 1 aliphatic rings. The molecule has 1 aromatic carbocycles. The number of hydrogen-bond donors (Lipinski definition) is 3. The molecule has 0 radical (unpaired) electrons. The Morgan fingerprint density at radius 1 is 1.30 bits per heavy atom. The summed E-state index contributed by atoms with van der Waals surface area (Å²) in [5.74, 6) is -5.69. The van der Waals surface area contributed by atoms with Crippen molar-refractivity contribution in [3.05, 3.63) is 53.4 Å². The van der Waals surface area contributed by atoms with Crippen LogP contribution in [0.15, 0.2) is 35.6 Å². The van der Waals surface area contributed by atoms with E-state index in [0.29, 0.717) is 0 Å². The summed E-state index contributed by atoms with van der Waals surface area (Å²) < 4.78 is 73.7. The number of carbonyl (C=O) groups is 2. The van der Waals surface area contributed by atoms with E-state index in [-0.39, 0.29) is 30.3 Å². The fourth-order valence-corrected chi connectivity index (χ4v) is 2.82. The van der Waals surface area contributed by atoms with Gasteiger partial charge in [0.2, 0.25) is 0 Å². The second-order valence-corrected chi connectivity index (χ2v) is 6.75. The number of carbonyl (C=O) groups excluding carboxylic acids is 1. The van der Waals surface area contributed by atoms with E-state index < -0.39 is 47.5 Å². The first-order valence-electron chi connectivity index (χ1n) is 9.04. The number of nitrogens with one attached hydrogen (secondary N) is 1. The minimum absolute atomic E-state index is 0.0490. The highest BCUT2D eigenvalue weighted by molar-refractivity contribution is 6.02. The quantitative estimate of drug-likeness (QED) is 0.456. The van der Waals surface area contributed by atoms with E-state index in [4.69, 9.17) is 20.4 Å². The van der Waals surface area contributed by atoms with Gasteiger partial charge < -0.3 is 20.9 Å². The normalized spacial score (nSPS) is 19.5. The van der Waals surface area contributed by atoms with E-state index in [1.807, 2.05) is 0 Å². The molecule has 1 atom stereocenters. The highest BCUT2D eigenvalue weighted by Crippen LogP contribution is 2.44. The van der Waals surface area contributed by atoms with E-state index in [1.165, 1.54) is 0 Å². The average molecular weight is 475 g/mol. The molecule has 0 saturated carbocycles. The number of nitrogens with zero attached hydrogens (tertiary/aromatic N) is 3. The van der Waals surface area contributed by atoms with Gasteiger partial charge in [0.05, 0.1) is 12.4 Å². The number of ether oxygens (including phenoxy) is 1. The summed E-state index contributed by atoms with van der Waals surface area (Å²) in [6.07, 6.45) is -1.28. The molecule has 0 aliphatic carbocycles. The summed E-state index contributed by atoms with van der Waals surface area (Å²) in [5, 5.41) is 9.22. The van der Waals surface area contributed by atoms with Crippen molar-refractivity contribution in [3.63, 3.8) is 0 Å². The van der Waals surface area contributed by atoms with Gasteiger partial charge in [0.25, 0.3) is 24.7 Å².